The van der Waals surface area contributed by atoms with Crippen molar-refractivity contribution in [1.29, 1.82) is 0 Å². The second kappa shape index (κ2) is 16.5. The Morgan fingerprint density at radius 1 is 0.257 bits per heavy atom. The molecule has 2 heterocycles. The molecular formula is C64H48N6. The first-order chi connectivity index (χ1) is 34.6. The lowest BCUT2D eigenvalue weighted by atomic mass is 9.43. The molecule has 5 aliphatic rings. The Balaban J connectivity index is 1.07. The van der Waals surface area contributed by atoms with E-state index < -0.39 is 0 Å². The van der Waals surface area contributed by atoms with E-state index in [2.05, 4.69) is 133 Å². The third-order valence-corrected chi connectivity index (χ3v) is 16.0. The molecule has 0 radical (unpaired) electrons. The predicted octanol–water partition coefficient (Wildman–Crippen LogP) is 15.1. The summed E-state index contributed by atoms with van der Waals surface area (Å²) >= 11 is 0. The molecule has 0 atom stereocenters. The van der Waals surface area contributed by atoms with Crippen LogP contribution in [0.15, 0.2) is 206 Å². The van der Waals surface area contributed by atoms with Crippen LogP contribution >= 0.6 is 0 Å². The van der Waals surface area contributed by atoms with E-state index >= 15 is 0 Å². The molecule has 0 aliphatic heterocycles. The lowest BCUT2D eigenvalue weighted by Gasteiger charge is -2.61. The summed E-state index contributed by atoms with van der Waals surface area (Å²) in [6, 6.07) is 72.9. The molecule has 0 unspecified atom stereocenters. The van der Waals surface area contributed by atoms with Crippen molar-refractivity contribution in [1.82, 2.24) is 29.9 Å². The summed E-state index contributed by atoms with van der Waals surface area (Å²) in [5, 5.41) is 0. The van der Waals surface area contributed by atoms with Crippen LogP contribution in [0, 0.1) is 23.7 Å². The second-order valence-electron chi connectivity index (χ2n) is 19.9. The van der Waals surface area contributed by atoms with Gasteiger partial charge in [-0.1, -0.05) is 188 Å². The summed E-state index contributed by atoms with van der Waals surface area (Å²) < 4.78 is 0. The van der Waals surface area contributed by atoms with Crippen molar-refractivity contribution < 1.29 is 0 Å². The Morgan fingerprint density at radius 3 is 1.06 bits per heavy atom. The molecule has 6 heteroatoms. The first kappa shape index (κ1) is 40.8. The minimum atomic E-state index is -0.0141. The van der Waals surface area contributed by atoms with Crippen LogP contribution in [0.3, 0.4) is 0 Å². The van der Waals surface area contributed by atoms with Crippen LogP contribution < -0.4 is 0 Å². The topological polar surface area (TPSA) is 77.3 Å². The minimum Gasteiger partial charge on any atom is -0.208 e. The van der Waals surface area contributed by atoms with Crippen LogP contribution in [0.4, 0.5) is 0 Å². The van der Waals surface area contributed by atoms with Crippen molar-refractivity contribution in [3.8, 4) is 102 Å². The zero-order chi connectivity index (χ0) is 46.2. The van der Waals surface area contributed by atoms with Gasteiger partial charge in [0.1, 0.15) is 0 Å². The third-order valence-electron chi connectivity index (χ3n) is 16.0. The maximum absolute atomic E-state index is 5.41. The van der Waals surface area contributed by atoms with E-state index in [1.165, 1.54) is 48.8 Å². The van der Waals surface area contributed by atoms with Crippen molar-refractivity contribution in [2.24, 2.45) is 23.7 Å². The first-order valence-corrected chi connectivity index (χ1v) is 24.9. The van der Waals surface area contributed by atoms with E-state index in [9.17, 15) is 0 Å². The quantitative estimate of drug-likeness (QED) is 0.151. The molecule has 334 valence electrons. The number of benzene rings is 8. The largest absolute Gasteiger partial charge is 0.208 e. The summed E-state index contributed by atoms with van der Waals surface area (Å²) in [7, 11) is 0. The number of hydrogen-bond donors (Lipinski definition) is 0. The van der Waals surface area contributed by atoms with Crippen LogP contribution in [0.25, 0.3) is 102 Å². The van der Waals surface area contributed by atoms with E-state index in [4.69, 9.17) is 29.9 Å². The first-order valence-electron chi connectivity index (χ1n) is 24.9. The fourth-order valence-corrected chi connectivity index (χ4v) is 13.2. The fraction of sp³-hybridized carbons (Fsp3) is 0.156. The SMILES string of the molecule is c1ccc(-c2nc(-c3ccccc3)nc(-c3cc(-c4ccc5c(c4)C4(c6ccccc6-5)C5CC6CC(C5)CC4C6)c(-c4nc(-c5ccccc5)nc(-c5ccccc5)n4)cc3-c3ccccc3)n2)cc1. The molecule has 0 saturated heterocycles. The molecule has 15 rings (SSSR count). The predicted molar refractivity (Wildman–Crippen MR) is 280 cm³/mol. The normalized spacial score (nSPS) is 20.3. The van der Waals surface area contributed by atoms with Crippen molar-refractivity contribution >= 4 is 0 Å². The third kappa shape index (κ3) is 6.68. The van der Waals surface area contributed by atoms with Gasteiger partial charge >= 0.3 is 0 Å². The zero-order valence-corrected chi connectivity index (χ0v) is 38.7. The maximum Gasteiger partial charge on any atom is 0.164 e. The van der Waals surface area contributed by atoms with Gasteiger partial charge in [0, 0.05) is 38.8 Å². The highest BCUT2D eigenvalue weighted by Crippen LogP contribution is 2.69. The van der Waals surface area contributed by atoms with Gasteiger partial charge in [-0.25, -0.2) is 29.9 Å². The fourth-order valence-electron chi connectivity index (χ4n) is 13.2. The van der Waals surface area contributed by atoms with Crippen molar-refractivity contribution in [3.63, 3.8) is 0 Å². The molecule has 0 N–H and O–H groups in total. The molecular weight excluding hydrogens is 853 g/mol. The van der Waals surface area contributed by atoms with E-state index in [-0.39, 0.29) is 5.41 Å². The summed E-state index contributed by atoms with van der Waals surface area (Å²) in [6.45, 7) is 0. The van der Waals surface area contributed by atoms with Crippen LogP contribution in [0.2, 0.25) is 0 Å². The molecule has 0 amide bonds. The standard InChI is InChI=1S/C64H48N6/c1-6-18-42(19-7-1)52-38-55(63-69-60(45-24-12-4-13-25-45)66-61(70-63)46-26-14-5-15-27-46)53(39-54(52)62-67-58(43-20-8-2-9-21-43)65-59(68-62)44-22-10-3-11-23-44)47-30-31-51-50-28-16-17-29-56(50)64(57(51)37-47)48-33-40-32-41(35-48)36-49(64)34-40/h1-31,37-41,48-49H,32-36H2. The Hall–Kier alpha value is -8.22. The average molecular weight is 901 g/mol. The molecule has 8 aromatic carbocycles. The zero-order valence-electron chi connectivity index (χ0n) is 38.7. The number of aromatic nitrogens is 6. The molecule has 2 aromatic heterocycles. The molecule has 5 aliphatic carbocycles. The molecule has 4 bridgehead atoms. The summed E-state index contributed by atoms with van der Waals surface area (Å²) in [4.78, 5) is 31.8. The van der Waals surface area contributed by atoms with Gasteiger partial charge in [-0.2, -0.15) is 0 Å². The van der Waals surface area contributed by atoms with Crippen molar-refractivity contribution in [2.75, 3.05) is 0 Å². The van der Waals surface area contributed by atoms with Crippen LogP contribution in [0.1, 0.15) is 43.2 Å². The Kier molecular flexibility index (Phi) is 9.61. The Labute approximate surface area is 408 Å². The van der Waals surface area contributed by atoms with Gasteiger partial charge < -0.3 is 0 Å². The van der Waals surface area contributed by atoms with Gasteiger partial charge in [0.25, 0.3) is 0 Å². The van der Waals surface area contributed by atoms with E-state index in [1.54, 1.807) is 5.56 Å². The highest BCUT2D eigenvalue weighted by molar-refractivity contribution is 5.95. The minimum absolute atomic E-state index is 0.0141. The van der Waals surface area contributed by atoms with Gasteiger partial charge in [0.2, 0.25) is 0 Å². The summed E-state index contributed by atoms with van der Waals surface area (Å²) in [5.41, 5.74) is 15.5. The van der Waals surface area contributed by atoms with Gasteiger partial charge in [0.05, 0.1) is 0 Å². The summed E-state index contributed by atoms with van der Waals surface area (Å²) in [5.74, 6) is 6.61. The van der Waals surface area contributed by atoms with E-state index in [1.807, 2.05) is 72.8 Å². The average Bonchev–Trinajstić information content (AvgIpc) is 3.73. The van der Waals surface area contributed by atoms with Gasteiger partial charge in [-0.15, -0.1) is 0 Å². The monoisotopic (exact) mass is 900 g/mol. The van der Waals surface area contributed by atoms with Gasteiger partial charge in [-0.05, 0) is 118 Å². The molecule has 1 spiro atoms. The number of nitrogens with zero attached hydrogens (tertiary/aromatic N) is 6. The van der Waals surface area contributed by atoms with Gasteiger partial charge in [-0.3, -0.25) is 0 Å². The van der Waals surface area contributed by atoms with Crippen molar-refractivity contribution in [3.05, 3.63) is 217 Å². The molecule has 4 fully saturated rings. The molecule has 70 heavy (non-hydrogen) atoms. The molecule has 6 nitrogen and oxygen atoms in total. The maximum atomic E-state index is 5.41. The van der Waals surface area contributed by atoms with E-state index in [0.29, 0.717) is 46.8 Å². The molecule has 4 saturated carbocycles. The number of fused-ring (bicyclic) bond motifs is 3. The highest BCUT2D eigenvalue weighted by Gasteiger charge is 2.61. The molecule has 10 aromatic rings. The highest BCUT2D eigenvalue weighted by atomic mass is 15.0. The van der Waals surface area contributed by atoms with Crippen LogP contribution in [-0.4, -0.2) is 29.9 Å². The van der Waals surface area contributed by atoms with Crippen LogP contribution in [0.5, 0.6) is 0 Å². The number of rotatable bonds is 8. The summed E-state index contributed by atoms with van der Waals surface area (Å²) in [6.07, 6.45) is 6.67. The van der Waals surface area contributed by atoms with Gasteiger partial charge in [0.15, 0.2) is 34.9 Å². The van der Waals surface area contributed by atoms with Crippen molar-refractivity contribution in [2.45, 2.75) is 37.5 Å². The number of hydrogen-bond acceptors (Lipinski definition) is 6. The Morgan fingerprint density at radius 2 is 0.614 bits per heavy atom. The smallest absolute Gasteiger partial charge is 0.164 e. The van der Waals surface area contributed by atoms with Crippen LogP contribution in [-0.2, 0) is 5.41 Å². The lowest BCUT2D eigenvalue weighted by molar-refractivity contribution is -0.0399. The lowest BCUT2D eigenvalue weighted by Crippen LogP contribution is -2.55. The second-order valence-corrected chi connectivity index (χ2v) is 19.9. The van der Waals surface area contributed by atoms with E-state index in [0.717, 1.165) is 67.5 Å². The Bertz CT molecular complexity index is 3450.